The van der Waals surface area contributed by atoms with Crippen LogP contribution >= 0.6 is 0 Å². The summed E-state index contributed by atoms with van der Waals surface area (Å²) in [6, 6.07) is 9.36. The lowest BCUT2D eigenvalue weighted by Gasteiger charge is -2.24. The number of hydrogen-bond acceptors (Lipinski definition) is 9. The second-order valence-corrected chi connectivity index (χ2v) is 13.0. The molecule has 0 aliphatic heterocycles. The molecular weight excluding hydrogens is 617 g/mol. The predicted molar refractivity (Wildman–Crippen MR) is 185 cm³/mol. The van der Waals surface area contributed by atoms with E-state index in [1.165, 1.54) is 26.1 Å². The molecule has 3 aromatic rings. The highest BCUT2D eigenvalue weighted by Crippen LogP contribution is 2.32. The topological polar surface area (TPSA) is 156 Å². The number of allylic oxidation sites excluding steroid dienone is 4. The average molecular weight is 662 g/mol. The van der Waals surface area contributed by atoms with Gasteiger partial charge < -0.3 is 30.6 Å². The Labute approximate surface area is 280 Å². The maximum atomic E-state index is 15.4. The lowest BCUT2D eigenvalue weighted by Crippen LogP contribution is -2.28. The number of halogens is 1. The van der Waals surface area contributed by atoms with Gasteiger partial charge in [-0.2, -0.15) is 5.10 Å². The normalized spacial score (nSPS) is 12.4. The SMILES string of the molecule is CC(=O)OCc1c(NC(=O)c2c(F)cc(C(C)(C)C)cc2C=N)cccc1-c1cc(N/C(C)=C/C=C(\C)OC(C)(C)CO)c(=O)n(C)n1. The van der Waals surface area contributed by atoms with Crippen molar-refractivity contribution in [1.82, 2.24) is 9.78 Å². The highest BCUT2D eigenvalue weighted by Gasteiger charge is 2.24. The average Bonchev–Trinajstić information content (AvgIpc) is 3.00. The Morgan fingerprint density at radius 2 is 1.73 bits per heavy atom. The predicted octanol–water partition coefficient (Wildman–Crippen LogP) is 6.20. The number of nitrogens with one attached hydrogen (secondary N) is 3. The van der Waals surface area contributed by atoms with Crippen LogP contribution in [0.4, 0.5) is 15.8 Å². The molecule has 0 aliphatic rings. The number of carbonyl (C=O) groups excluding carboxylic acids is 2. The first kappa shape index (κ1) is 37.4. The molecule has 1 heterocycles. The van der Waals surface area contributed by atoms with Crippen LogP contribution in [0.15, 0.2) is 64.8 Å². The number of aromatic nitrogens is 2. The van der Waals surface area contributed by atoms with Gasteiger partial charge in [-0.1, -0.05) is 32.9 Å². The first-order valence-corrected chi connectivity index (χ1v) is 15.3. The number of nitrogens with zero attached hydrogens (tertiary/aromatic N) is 2. The molecule has 0 saturated carbocycles. The number of aliphatic hydroxyl groups excluding tert-OH is 1. The molecule has 0 unspecified atom stereocenters. The number of aliphatic hydroxyl groups is 1. The Bertz CT molecular complexity index is 1840. The number of benzene rings is 2. The largest absolute Gasteiger partial charge is 0.490 e. The standard InChI is InChI=1S/C36H44FN5O6/c1-21(13-14-22(2)48-36(7,8)20-43)39-31-17-30(41-42(9)34(31)46)26-11-10-12-29(27(26)19-47-23(3)44)40-33(45)32-24(18-38)15-25(16-28(32)37)35(4,5)6/h10-18,38-39,43H,19-20H2,1-9H3,(H,40,45)/b21-13+,22-14+,38-18?. The molecule has 2 aromatic carbocycles. The second-order valence-electron chi connectivity index (χ2n) is 13.0. The number of anilines is 2. The van der Waals surface area contributed by atoms with Crippen molar-refractivity contribution < 1.29 is 28.6 Å². The van der Waals surface area contributed by atoms with Crippen LogP contribution in [0, 0.1) is 11.2 Å². The summed E-state index contributed by atoms with van der Waals surface area (Å²) in [4.78, 5) is 38.4. The summed E-state index contributed by atoms with van der Waals surface area (Å²) in [6.45, 7) is 13.6. The van der Waals surface area contributed by atoms with E-state index in [1.807, 2.05) is 20.8 Å². The van der Waals surface area contributed by atoms with Crippen molar-refractivity contribution in [1.29, 1.82) is 5.41 Å². The summed E-state index contributed by atoms with van der Waals surface area (Å²) in [5.41, 5.74) is 1.03. The maximum Gasteiger partial charge on any atom is 0.302 e. The summed E-state index contributed by atoms with van der Waals surface area (Å²) in [5, 5.41) is 27.6. The quantitative estimate of drug-likeness (QED) is 0.0774. The first-order chi connectivity index (χ1) is 22.4. The Hall–Kier alpha value is -5.10. The molecule has 1 aromatic heterocycles. The van der Waals surface area contributed by atoms with Crippen molar-refractivity contribution in [2.24, 2.45) is 7.05 Å². The van der Waals surface area contributed by atoms with Crippen LogP contribution in [0.2, 0.25) is 0 Å². The van der Waals surface area contributed by atoms with Gasteiger partial charge in [0.15, 0.2) is 0 Å². The molecule has 0 aliphatic carbocycles. The van der Waals surface area contributed by atoms with E-state index >= 15 is 4.39 Å². The van der Waals surface area contributed by atoms with Crippen LogP contribution in [0.5, 0.6) is 0 Å². The zero-order chi connectivity index (χ0) is 36.0. The molecule has 0 atom stereocenters. The summed E-state index contributed by atoms with van der Waals surface area (Å²) >= 11 is 0. The number of amides is 1. The van der Waals surface area contributed by atoms with Gasteiger partial charge in [0.2, 0.25) is 0 Å². The van der Waals surface area contributed by atoms with E-state index in [0.717, 1.165) is 10.9 Å². The van der Waals surface area contributed by atoms with Gasteiger partial charge in [-0.25, -0.2) is 9.07 Å². The van der Waals surface area contributed by atoms with E-state index in [4.69, 9.17) is 14.9 Å². The highest BCUT2D eigenvalue weighted by atomic mass is 19.1. The fourth-order valence-electron chi connectivity index (χ4n) is 4.70. The number of carbonyl (C=O) groups is 2. The van der Waals surface area contributed by atoms with Crippen molar-refractivity contribution in [3.63, 3.8) is 0 Å². The maximum absolute atomic E-state index is 15.4. The molecular formula is C36H44FN5O6. The third-order valence-electron chi connectivity index (χ3n) is 7.27. The molecule has 0 radical (unpaired) electrons. The van der Waals surface area contributed by atoms with E-state index in [1.54, 1.807) is 64.1 Å². The molecule has 11 nitrogen and oxygen atoms in total. The Morgan fingerprint density at radius 1 is 1.04 bits per heavy atom. The third-order valence-corrected chi connectivity index (χ3v) is 7.27. The molecule has 256 valence electrons. The van der Waals surface area contributed by atoms with Crippen LogP contribution in [0.1, 0.15) is 82.4 Å². The van der Waals surface area contributed by atoms with Gasteiger partial charge in [0, 0.05) is 48.3 Å². The van der Waals surface area contributed by atoms with E-state index < -0.39 is 34.3 Å². The van der Waals surface area contributed by atoms with Gasteiger partial charge in [0.05, 0.1) is 23.6 Å². The van der Waals surface area contributed by atoms with Gasteiger partial charge in [-0.05, 0) is 75.1 Å². The monoisotopic (exact) mass is 661 g/mol. The van der Waals surface area contributed by atoms with E-state index in [9.17, 15) is 19.5 Å². The number of rotatable bonds is 12. The second kappa shape index (κ2) is 15.2. The molecule has 4 N–H and O–H groups in total. The Balaban J connectivity index is 2.07. The van der Waals surface area contributed by atoms with Crippen molar-refractivity contribution in [3.05, 3.63) is 98.4 Å². The van der Waals surface area contributed by atoms with Crippen LogP contribution in [0.3, 0.4) is 0 Å². The molecule has 0 fully saturated rings. The lowest BCUT2D eigenvalue weighted by molar-refractivity contribution is -0.142. The van der Waals surface area contributed by atoms with Crippen LogP contribution < -0.4 is 16.2 Å². The zero-order valence-corrected chi connectivity index (χ0v) is 28.9. The van der Waals surface area contributed by atoms with Crippen molar-refractivity contribution >= 4 is 29.5 Å². The summed E-state index contributed by atoms with van der Waals surface area (Å²) in [5.74, 6) is -1.57. The van der Waals surface area contributed by atoms with E-state index in [0.29, 0.717) is 33.8 Å². The lowest BCUT2D eigenvalue weighted by atomic mass is 9.85. The number of ether oxygens (including phenoxy) is 2. The van der Waals surface area contributed by atoms with Crippen molar-refractivity contribution in [3.8, 4) is 11.3 Å². The molecule has 0 saturated heterocycles. The number of esters is 1. The van der Waals surface area contributed by atoms with Crippen LogP contribution in [-0.2, 0) is 33.3 Å². The van der Waals surface area contributed by atoms with Gasteiger partial charge in [-0.15, -0.1) is 0 Å². The summed E-state index contributed by atoms with van der Waals surface area (Å²) < 4.78 is 27.6. The Kier molecular flexibility index (Phi) is 11.8. The van der Waals surface area contributed by atoms with Crippen LogP contribution in [-0.4, -0.2) is 45.2 Å². The fraction of sp³-hybridized carbons (Fsp3) is 0.361. The third kappa shape index (κ3) is 9.47. The van der Waals surface area contributed by atoms with E-state index in [-0.39, 0.29) is 35.7 Å². The van der Waals surface area contributed by atoms with Crippen LogP contribution in [0.25, 0.3) is 11.3 Å². The minimum Gasteiger partial charge on any atom is -0.490 e. The van der Waals surface area contributed by atoms with Crippen molar-refractivity contribution in [2.75, 3.05) is 17.2 Å². The molecule has 48 heavy (non-hydrogen) atoms. The van der Waals surface area contributed by atoms with Crippen molar-refractivity contribution in [2.45, 2.75) is 73.0 Å². The fourth-order valence-corrected chi connectivity index (χ4v) is 4.70. The molecule has 0 spiro atoms. The molecule has 12 heteroatoms. The first-order valence-electron chi connectivity index (χ1n) is 15.3. The number of hydrogen-bond donors (Lipinski definition) is 4. The summed E-state index contributed by atoms with van der Waals surface area (Å²) in [6.07, 6.45) is 4.36. The minimum atomic E-state index is -0.793. The van der Waals surface area contributed by atoms with Gasteiger partial charge in [-0.3, -0.25) is 14.4 Å². The Morgan fingerprint density at radius 3 is 2.33 bits per heavy atom. The molecule has 1 amide bonds. The van der Waals surface area contributed by atoms with E-state index in [2.05, 4.69) is 15.7 Å². The molecule has 0 bridgehead atoms. The zero-order valence-electron chi connectivity index (χ0n) is 28.9. The van der Waals surface area contributed by atoms with Gasteiger partial charge in [0.1, 0.15) is 23.7 Å². The van der Waals surface area contributed by atoms with Gasteiger partial charge in [0.25, 0.3) is 11.5 Å². The van der Waals surface area contributed by atoms with Gasteiger partial charge >= 0.3 is 5.97 Å². The number of aryl methyl sites for hydroxylation is 1. The minimum absolute atomic E-state index is 0.114. The smallest absolute Gasteiger partial charge is 0.302 e. The highest BCUT2D eigenvalue weighted by molar-refractivity contribution is 6.10. The molecule has 3 rings (SSSR count). The summed E-state index contributed by atoms with van der Waals surface area (Å²) in [7, 11) is 1.49.